The first-order valence-corrected chi connectivity index (χ1v) is 18.3. The molecule has 1 aliphatic carbocycles. The lowest BCUT2D eigenvalue weighted by atomic mass is 9.81. The van der Waals surface area contributed by atoms with E-state index in [0.29, 0.717) is 5.95 Å². The van der Waals surface area contributed by atoms with Gasteiger partial charge in [-0.3, -0.25) is 4.57 Å². The highest BCUT2D eigenvalue weighted by Gasteiger charge is 2.41. The number of hydrogen-bond acceptors (Lipinski definition) is 2. The monoisotopic (exact) mass is 678 g/mol. The second-order valence-corrected chi connectivity index (χ2v) is 14.6. The molecule has 0 atom stereocenters. The largest absolute Gasteiger partial charge is 0.307 e. The molecule has 3 heterocycles. The minimum absolute atomic E-state index is 0.199. The van der Waals surface area contributed by atoms with E-state index in [9.17, 15) is 0 Å². The number of benzene rings is 7. The van der Waals surface area contributed by atoms with Crippen LogP contribution in [0.3, 0.4) is 0 Å². The molecule has 1 aliphatic rings. The molecular formula is C49H34N4. The van der Waals surface area contributed by atoms with E-state index >= 15 is 0 Å². The Labute approximate surface area is 307 Å². The van der Waals surface area contributed by atoms with E-state index in [1.807, 2.05) is 0 Å². The van der Waals surface area contributed by atoms with Gasteiger partial charge in [0, 0.05) is 43.8 Å². The summed E-state index contributed by atoms with van der Waals surface area (Å²) in [5.74, 6) is 0.656. The summed E-state index contributed by atoms with van der Waals surface area (Å²) in [6.45, 7) is 4.74. The van der Waals surface area contributed by atoms with Crippen molar-refractivity contribution in [1.29, 1.82) is 0 Å². The van der Waals surface area contributed by atoms with Gasteiger partial charge < -0.3 is 4.57 Å². The van der Waals surface area contributed by atoms with Crippen LogP contribution in [0.25, 0.3) is 88.9 Å². The van der Waals surface area contributed by atoms with Crippen LogP contribution >= 0.6 is 0 Å². The molecule has 0 amide bonds. The van der Waals surface area contributed by atoms with Crippen molar-refractivity contribution >= 4 is 43.6 Å². The van der Waals surface area contributed by atoms with Gasteiger partial charge in [0.2, 0.25) is 5.95 Å². The van der Waals surface area contributed by atoms with Gasteiger partial charge in [-0.1, -0.05) is 153 Å². The van der Waals surface area contributed by atoms with Crippen molar-refractivity contribution in [3.8, 4) is 45.3 Å². The first kappa shape index (κ1) is 29.9. The topological polar surface area (TPSA) is 35.6 Å². The summed E-state index contributed by atoms with van der Waals surface area (Å²) in [6, 6.07) is 60.8. The summed E-state index contributed by atoms with van der Waals surface area (Å²) in [6.07, 6.45) is 0. The third kappa shape index (κ3) is 4.24. The Kier molecular flexibility index (Phi) is 6.27. The van der Waals surface area contributed by atoms with Crippen molar-refractivity contribution in [2.75, 3.05) is 0 Å². The number of fused-ring (bicyclic) bond motifs is 10. The van der Waals surface area contributed by atoms with Gasteiger partial charge in [-0.05, 0) is 52.6 Å². The lowest BCUT2D eigenvalue weighted by Gasteiger charge is -2.21. The lowest BCUT2D eigenvalue weighted by Crippen LogP contribution is -2.14. The molecule has 0 saturated carbocycles. The predicted octanol–water partition coefficient (Wildman–Crippen LogP) is 12.3. The SMILES string of the molecule is CC1(C)c2ccccc2-c2c1c1ccc3c4cc(-c5ccccc5)ccc4n(-c4nc(-c5ccccc5)c5ccccc5n4)c3c1n2-c1ccccc1. The van der Waals surface area contributed by atoms with Crippen LogP contribution in [0, 0.1) is 0 Å². The Bertz CT molecular complexity index is 3060. The maximum Gasteiger partial charge on any atom is 0.235 e. The van der Waals surface area contributed by atoms with Gasteiger partial charge in [-0.25, -0.2) is 9.97 Å². The fraction of sp³-hybridized carbons (Fsp3) is 0.0612. The van der Waals surface area contributed by atoms with Crippen molar-refractivity contribution in [2.45, 2.75) is 19.3 Å². The predicted molar refractivity (Wildman–Crippen MR) is 219 cm³/mol. The molecule has 4 nitrogen and oxygen atoms in total. The second-order valence-electron chi connectivity index (χ2n) is 14.6. The highest BCUT2D eigenvalue weighted by atomic mass is 15.2. The number of aromatic nitrogens is 4. The molecule has 250 valence electrons. The molecule has 0 bridgehead atoms. The molecule has 10 aromatic rings. The van der Waals surface area contributed by atoms with E-state index in [-0.39, 0.29) is 5.41 Å². The standard InChI is InChI=1S/C49H34N4/c1-49(2)40-24-14-12-22-36(40)45-43(49)38-28-27-35-39-30-33(31-16-6-3-7-17-31)26-29-42(39)53(46(35)47(38)52(45)34-20-10-5-11-21-34)48-50-41-25-15-13-23-37(41)44(51-48)32-18-8-4-9-19-32/h3-30H,1-2H3. The Morgan fingerprint density at radius 2 is 1.11 bits per heavy atom. The third-order valence-electron chi connectivity index (χ3n) is 11.3. The van der Waals surface area contributed by atoms with E-state index < -0.39 is 0 Å². The van der Waals surface area contributed by atoms with Gasteiger partial charge in [-0.15, -0.1) is 0 Å². The average Bonchev–Trinajstić information content (AvgIpc) is 3.82. The van der Waals surface area contributed by atoms with E-state index in [1.165, 1.54) is 49.7 Å². The van der Waals surface area contributed by atoms with E-state index in [0.717, 1.165) is 44.4 Å². The zero-order valence-corrected chi connectivity index (χ0v) is 29.5. The van der Waals surface area contributed by atoms with Gasteiger partial charge in [0.15, 0.2) is 0 Å². The summed E-state index contributed by atoms with van der Waals surface area (Å²) < 4.78 is 4.83. The van der Waals surface area contributed by atoms with Gasteiger partial charge in [0.25, 0.3) is 0 Å². The first-order chi connectivity index (χ1) is 26.1. The summed E-state index contributed by atoms with van der Waals surface area (Å²) in [5.41, 5.74) is 14.8. The van der Waals surface area contributed by atoms with Crippen LogP contribution in [0.4, 0.5) is 0 Å². The van der Waals surface area contributed by atoms with Gasteiger partial charge in [0.1, 0.15) is 0 Å². The first-order valence-electron chi connectivity index (χ1n) is 18.3. The maximum atomic E-state index is 5.47. The smallest absolute Gasteiger partial charge is 0.235 e. The van der Waals surface area contributed by atoms with Crippen LogP contribution in [-0.4, -0.2) is 19.1 Å². The molecule has 4 heteroatoms. The van der Waals surface area contributed by atoms with Crippen molar-refractivity contribution in [2.24, 2.45) is 0 Å². The summed E-state index contributed by atoms with van der Waals surface area (Å²) >= 11 is 0. The molecule has 3 aromatic heterocycles. The van der Waals surface area contributed by atoms with Crippen molar-refractivity contribution in [1.82, 2.24) is 19.1 Å². The van der Waals surface area contributed by atoms with Crippen LogP contribution in [-0.2, 0) is 5.41 Å². The van der Waals surface area contributed by atoms with E-state index in [2.05, 4.69) is 193 Å². The molecule has 0 saturated heterocycles. The van der Waals surface area contributed by atoms with Crippen LogP contribution in [0.5, 0.6) is 0 Å². The Balaban J connectivity index is 1.35. The van der Waals surface area contributed by atoms with Crippen LogP contribution in [0.1, 0.15) is 25.0 Å². The Morgan fingerprint density at radius 3 is 1.91 bits per heavy atom. The second kappa shape index (κ2) is 11.1. The molecule has 0 fully saturated rings. The van der Waals surface area contributed by atoms with Gasteiger partial charge in [0.05, 0.1) is 33.5 Å². The fourth-order valence-corrected chi connectivity index (χ4v) is 8.96. The molecule has 0 N–H and O–H groups in total. The summed E-state index contributed by atoms with van der Waals surface area (Å²) in [5, 5.41) is 4.61. The molecule has 0 unspecified atom stereocenters. The molecule has 0 aliphatic heterocycles. The summed E-state index contributed by atoms with van der Waals surface area (Å²) in [4.78, 5) is 10.8. The molecule has 0 radical (unpaired) electrons. The van der Waals surface area contributed by atoms with Gasteiger partial charge >= 0.3 is 0 Å². The van der Waals surface area contributed by atoms with Gasteiger partial charge in [-0.2, -0.15) is 0 Å². The van der Waals surface area contributed by atoms with Crippen molar-refractivity contribution in [3.63, 3.8) is 0 Å². The van der Waals surface area contributed by atoms with Crippen LogP contribution < -0.4 is 0 Å². The summed E-state index contributed by atoms with van der Waals surface area (Å²) in [7, 11) is 0. The molecule has 11 rings (SSSR count). The zero-order valence-electron chi connectivity index (χ0n) is 29.5. The quantitative estimate of drug-likeness (QED) is 0.186. The van der Waals surface area contributed by atoms with E-state index in [1.54, 1.807) is 0 Å². The van der Waals surface area contributed by atoms with Crippen LogP contribution in [0.15, 0.2) is 170 Å². The minimum atomic E-state index is -0.199. The zero-order chi connectivity index (χ0) is 35.3. The third-order valence-corrected chi connectivity index (χ3v) is 11.3. The highest BCUT2D eigenvalue weighted by molar-refractivity contribution is 6.21. The molecule has 7 aromatic carbocycles. The fourth-order valence-electron chi connectivity index (χ4n) is 8.96. The number of hydrogen-bond donors (Lipinski definition) is 0. The normalized spacial score (nSPS) is 13.2. The Morgan fingerprint density at radius 1 is 0.472 bits per heavy atom. The highest BCUT2D eigenvalue weighted by Crippen LogP contribution is 2.55. The average molecular weight is 679 g/mol. The van der Waals surface area contributed by atoms with E-state index in [4.69, 9.17) is 9.97 Å². The number of rotatable bonds is 4. The van der Waals surface area contributed by atoms with Crippen molar-refractivity contribution in [3.05, 3.63) is 181 Å². The number of nitrogens with zero attached hydrogens (tertiary/aromatic N) is 4. The number of para-hydroxylation sites is 2. The Hall–Kier alpha value is -6.78. The van der Waals surface area contributed by atoms with Crippen LogP contribution in [0.2, 0.25) is 0 Å². The molecule has 53 heavy (non-hydrogen) atoms. The minimum Gasteiger partial charge on any atom is -0.307 e. The van der Waals surface area contributed by atoms with Crippen molar-refractivity contribution < 1.29 is 0 Å². The maximum absolute atomic E-state index is 5.47. The lowest BCUT2D eigenvalue weighted by molar-refractivity contribution is 0.666. The molecule has 0 spiro atoms. The molecular weight excluding hydrogens is 645 g/mol.